The highest BCUT2D eigenvalue weighted by Crippen LogP contribution is 2.28. The number of halogens is 2. The predicted octanol–water partition coefficient (Wildman–Crippen LogP) is 2.89. The average molecular weight is 386 g/mol. The minimum absolute atomic E-state index is 0.161. The van der Waals surface area contributed by atoms with Crippen LogP contribution in [-0.2, 0) is 0 Å². The maximum absolute atomic E-state index is 13.8. The van der Waals surface area contributed by atoms with E-state index in [-0.39, 0.29) is 24.3 Å². The number of piperazine rings is 1. The van der Waals surface area contributed by atoms with E-state index in [0.717, 1.165) is 12.1 Å². The Hall–Kier alpha value is -3.67. The number of anilines is 2. The lowest BCUT2D eigenvalue weighted by Crippen LogP contribution is -2.48. The third-order valence-electron chi connectivity index (χ3n) is 4.49. The van der Waals surface area contributed by atoms with E-state index in [0.29, 0.717) is 18.8 Å². The zero-order valence-corrected chi connectivity index (χ0v) is 14.7. The van der Waals surface area contributed by atoms with Gasteiger partial charge in [0.2, 0.25) is 0 Å². The second kappa shape index (κ2) is 7.92. The topological polar surface area (TPSA) is 96.7 Å². The van der Waals surface area contributed by atoms with Crippen LogP contribution in [0.5, 0.6) is 0 Å². The third kappa shape index (κ3) is 3.71. The van der Waals surface area contributed by atoms with Crippen LogP contribution >= 0.6 is 0 Å². The van der Waals surface area contributed by atoms with Crippen LogP contribution in [0.25, 0.3) is 0 Å². The summed E-state index contributed by atoms with van der Waals surface area (Å²) < 4.78 is 27.2. The normalized spacial score (nSPS) is 13.8. The summed E-state index contributed by atoms with van der Waals surface area (Å²) in [6, 6.07) is 10.1. The highest BCUT2D eigenvalue weighted by molar-refractivity contribution is 6.05. The zero-order chi connectivity index (χ0) is 20.3. The molecule has 0 aliphatic carbocycles. The first-order valence-corrected chi connectivity index (χ1v) is 8.43. The Morgan fingerprint density at radius 3 is 2.39 bits per heavy atom. The molecule has 0 radical (unpaired) electrons. The van der Waals surface area contributed by atoms with Gasteiger partial charge < -0.3 is 20.2 Å². The predicted molar refractivity (Wildman–Crippen MR) is 97.3 cm³/mol. The molecule has 0 aromatic heterocycles. The maximum Gasteiger partial charge on any atom is 0.407 e. The molecule has 7 nitrogen and oxygen atoms in total. The number of nitriles is 1. The van der Waals surface area contributed by atoms with Gasteiger partial charge in [0.15, 0.2) is 11.6 Å². The van der Waals surface area contributed by atoms with Gasteiger partial charge in [0.1, 0.15) is 6.07 Å². The Labute approximate surface area is 159 Å². The van der Waals surface area contributed by atoms with E-state index in [2.05, 4.69) is 5.32 Å². The Balaban J connectivity index is 1.85. The Morgan fingerprint density at radius 1 is 1.07 bits per heavy atom. The molecule has 0 atom stereocenters. The molecule has 2 N–H and O–H groups in total. The van der Waals surface area contributed by atoms with Gasteiger partial charge in [-0.2, -0.15) is 5.26 Å². The highest BCUT2D eigenvalue weighted by Gasteiger charge is 2.24. The van der Waals surface area contributed by atoms with Gasteiger partial charge in [0.05, 0.1) is 22.5 Å². The van der Waals surface area contributed by atoms with Crippen LogP contribution in [0.4, 0.5) is 25.0 Å². The summed E-state index contributed by atoms with van der Waals surface area (Å²) in [6.07, 6.45) is -1.00. The summed E-state index contributed by atoms with van der Waals surface area (Å²) in [5, 5.41) is 21.1. The third-order valence-corrected chi connectivity index (χ3v) is 4.49. The SMILES string of the molecule is N#Cc1c(NC(=O)c2cccc(F)c2F)cccc1N1CCN(C(=O)O)CC1. The Kier molecular flexibility index (Phi) is 5.40. The van der Waals surface area contributed by atoms with Crippen LogP contribution in [0.3, 0.4) is 0 Å². The lowest BCUT2D eigenvalue weighted by Gasteiger charge is -2.35. The molecule has 0 spiro atoms. The van der Waals surface area contributed by atoms with Crippen molar-refractivity contribution in [3.63, 3.8) is 0 Å². The average Bonchev–Trinajstić information content (AvgIpc) is 2.69. The number of carboxylic acid groups (broad SMARTS) is 1. The van der Waals surface area contributed by atoms with Gasteiger partial charge in [-0.1, -0.05) is 12.1 Å². The van der Waals surface area contributed by atoms with Gasteiger partial charge in [-0.05, 0) is 24.3 Å². The molecule has 0 unspecified atom stereocenters. The van der Waals surface area contributed by atoms with Crippen LogP contribution in [0.1, 0.15) is 15.9 Å². The Bertz CT molecular complexity index is 966. The first kappa shape index (κ1) is 19.1. The van der Waals surface area contributed by atoms with Gasteiger partial charge in [-0.15, -0.1) is 0 Å². The molecular formula is C19H16F2N4O3. The number of hydrogen-bond acceptors (Lipinski definition) is 4. The summed E-state index contributed by atoms with van der Waals surface area (Å²) in [6.45, 7) is 1.34. The van der Waals surface area contributed by atoms with E-state index in [1.165, 1.54) is 17.0 Å². The van der Waals surface area contributed by atoms with Gasteiger partial charge in [-0.3, -0.25) is 4.79 Å². The summed E-state index contributed by atoms with van der Waals surface area (Å²) >= 11 is 0. The summed E-state index contributed by atoms with van der Waals surface area (Å²) in [5.41, 5.74) is 0.389. The number of amides is 2. The van der Waals surface area contributed by atoms with Crippen molar-refractivity contribution in [3.05, 3.63) is 59.2 Å². The van der Waals surface area contributed by atoms with Crippen molar-refractivity contribution in [1.29, 1.82) is 5.26 Å². The lowest BCUT2D eigenvalue weighted by atomic mass is 10.1. The van der Waals surface area contributed by atoms with Crippen LogP contribution in [-0.4, -0.2) is 48.2 Å². The quantitative estimate of drug-likeness (QED) is 0.846. The van der Waals surface area contributed by atoms with Crippen molar-refractivity contribution < 1.29 is 23.5 Å². The minimum atomic E-state index is -1.26. The first-order chi connectivity index (χ1) is 13.4. The molecule has 3 rings (SSSR count). The van der Waals surface area contributed by atoms with E-state index in [1.807, 2.05) is 11.0 Å². The van der Waals surface area contributed by atoms with E-state index in [4.69, 9.17) is 5.11 Å². The van der Waals surface area contributed by atoms with Crippen molar-refractivity contribution in [2.45, 2.75) is 0 Å². The molecule has 1 heterocycles. The first-order valence-electron chi connectivity index (χ1n) is 8.43. The van der Waals surface area contributed by atoms with Crippen molar-refractivity contribution in [2.75, 3.05) is 36.4 Å². The molecule has 144 valence electrons. The minimum Gasteiger partial charge on any atom is -0.465 e. The molecule has 28 heavy (non-hydrogen) atoms. The van der Waals surface area contributed by atoms with E-state index in [1.54, 1.807) is 12.1 Å². The molecular weight excluding hydrogens is 370 g/mol. The van der Waals surface area contributed by atoms with Gasteiger partial charge in [0, 0.05) is 26.2 Å². The summed E-state index contributed by atoms with van der Waals surface area (Å²) in [5.74, 6) is -3.28. The van der Waals surface area contributed by atoms with Crippen LogP contribution < -0.4 is 10.2 Å². The van der Waals surface area contributed by atoms with Gasteiger partial charge >= 0.3 is 6.09 Å². The lowest BCUT2D eigenvalue weighted by molar-refractivity contribution is 0.102. The Morgan fingerprint density at radius 2 is 1.75 bits per heavy atom. The van der Waals surface area contributed by atoms with Crippen molar-refractivity contribution in [2.24, 2.45) is 0 Å². The second-order valence-electron chi connectivity index (χ2n) is 6.12. The van der Waals surface area contributed by atoms with Crippen molar-refractivity contribution in [3.8, 4) is 6.07 Å². The smallest absolute Gasteiger partial charge is 0.407 e. The molecule has 0 saturated carbocycles. The summed E-state index contributed by atoms with van der Waals surface area (Å²) in [7, 11) is 0. The van der Waals surface area contributed by atoms with Crippen LogP contribution in [0.2, 0.25) is 0 Å². The number of benzene rings is 2. The van der Waals surface area contributed by atoms with Gasteiger partial charge in [0.25, 0.3) is 5.91 Å². The van der Waals surface area contributed by atoms with Crippen molar-refractivity contribution in [1.82, 2.24) is 4.90 Å². The van der Waals surface area contributed by atoms with Gasteiger partial charge in [-0.25, -0.2) is 13.6 Å². The molecule has 1 saturated heterocycles. The number of rotatable bonds is 3. The fraction of sp³-hybridized carbons (Fsp3) is 0.211. The number of nitrogens with zero attached hydrogens (tertiary/aromatic N) is 3. The fourth-order valence-electron chi connectivity index (χ4n) is 3.03. The van der Waals surface area contributed by atoms with E-state index < -0.39 is 29.2 Å². The fourth-order valence-corrected chi connectivity index (χ4v) is 3.03. The molecule has 1 aliphatic rings. The molecule has 1 fully saturated rings. The van der Waals surface area contributed by atoms with Crippen LogP contribution in [0, 0.1) is 23.0 Å². The maximum atomic E-state index is 13.8. The number of carbonyl (C=O) groups excluding carboxylic acids is 1. The zero-order valence-electron chi connectivity index (χ0n) is 14.7. The second-order valence-corrected chi connectivity index (χ2v) is 6.12. The monoisotopic (exact) mass is 386 g/mol. The van der Waals surface area contributed by atoms with E-state index >= 15 is 0 Å². The summed E-state index contributed by atoms with van der Waals surface area (Å²) in [4.78, 5) is 26.5. The molecule has 2 amide bonds. The molecule has 9 heteroatoms. The highest BCUT2D eigenvalue weighted by atomic mass is 19.2. The molecule has 2 aromatic carbocycles. The number of hydrogen-bond donors (Lipinski definition) is 2. The van der Waals surface area contributed by atoms with Crippen LogP contribution in [0.15, 0.2) is 36.4 Å². The standard InChI is InChI=1S/C19H16F2N4O3/c20-14-4-1-3-12(17(14)21)18(26)23-15-5-2-6-16(13(15)11-22)24-7-9-25(10-8-24)19(27)28/h1-6H,7-10H2,(H,23,26)(H,27,28). The molecule has 1 aliphatic heterocycles. The van der Waals surface area contributed by atoms with E-state index in [9.17, 15) is 23.6 Å². The molecule has 0 bridgehead atoms. The molecule has 2 aromatic rings. The van der Waals surface area contributed by atoms with Crippen molar-refractivity contribution >= 4 is 23.4 Å². The largest absolute Gasteiger partial charge is 0.465 e. The number of carbonyl (C=O) groups is 2. The number of nitrogens with one attached hydrogen (secondary N) is 1.